The first-order valence-corrected chi connectivity index (χ1v) is 10.7. The fourth-order valence-electron chi connectivity index (χ4n) is 3.57. The van der Waals surface area contributed by atoms with Crippen molar-refractivity contribution >= 4 is 15.9 Å². The fourth-order valence-corrected chi connectivity index (χ4v) is 5.18. The average molecular weight is 440 g/mol. The maximum absolute atomic E-state index is 13.3. The van der Waals surface area contributed by atoms with Gasteiger partial charge in [0.15, 0.2) is 5.79 Å². The molecule has 2 heterocycles. The van der Waals surface area contributed by atoms with Crippen molar-refractivity contribution in [2.75, 3.05) is 13.2 Å². The van der Waals surface area contributed by atoms with Gasteiger partial charge in [0, 0.05) is 6.54 Å². The maximum atomic E-state index is 13.3. The van der Waals surface area contributed by atoms with E-state index in [0.29, 0.717) is 5.75 Å². The number of nitrogens with zero attached hydrogens (tertiary/aromatic N) is 1. The largest absolute Gasteiger partial charge is 0.481 e. The van der Waals surface area contributed by atoms with E-state index >= 15 is 0 Å². The minimum Gasteiger partial charge on any atom is -0.481 e. The Kier molecular flexibility index (Phi) is 6.37. The van der Waals surface area contributed by atoms with Crippen LogP contribution in [0.4, 0.5) is 0 Å². The Bertz CT molecular complexity index is 951. The van der Waals surface area contributed by atoms with Crippen molar-refractivity contribution < 1.29 is 37.7 Å². The van der Waals surface area contributed by atoms with Crippen LogP contribution < -0.4 is 10.2 Å². The van der Waals surface area contributed by atoms with Crippen LogP contribution in [0.1, 0.15) is 20.8 Å². The van der Waals surface area contributed by atoms with Crippen LogP contribution >= 0.6 is 0 Å². The predicted octanol–water partition coefficient (Wildman–Crippen LogP) is -0.152. The number of ether oxygens (including phenoxy) is 3. The summed E-state index contributed by atoms with van der Waals surface area (Å²) in [5.74, 6) is 3.71. The van der Waals surface area contributed by atoms with Gasteiger partial charge >= 0.3 is 0 Å². The highest BCUT2D eigenvalue weighted by atomic mass is 32.2. The molecule has 2 aliphatic heterocycles. The zero-order valence-electron chi connectivity index (χ0n) is 16.7. The van der Waals surface area contributed by atoms with E-state index in [1.54, 1.807) is 20.8 Å². The van der Waals surface area contributed by atoms with Crippen molar-refractivity contribution in [1.29, 1.82) is 0 Å². The molecule has 1 amide bonds. The summed E-state index contributed by atoms with van der Waals surface area (Å²) < 4.78 is 44.1. The van der Waals surface area contributed by atoms with Gasteiger partial charge in [0.1, 0.15) is 36.7 Å². The molecule has 0 radical (unpaired) electrons. The number of benzene rings is 1. The number of sulfonamides is 1. The van der Waals surface area contributed by atoms with Gasteiger partial charge in [-0.3, -0.25) is 10.0 Å². The second-order valence-corrected chi connectivity index (χ2v) is 9.20. The molecule has 0 aromatic heterocycles. The smallest absolute Gasteiger partial charge is 0.264 e. The summed E-state index contributed by atoms with van der Waals surface area (Å²) in [6, 6.07) is 3.98. The van der Waals surface area contributed by atoms with Crippen molar-refractivity contribution in [2.24, 2.45) is 0 Å². The normalized spacial score (nSPS) is 28.2. The molecule has 11 heteroatoms. The zero-order valence-corrected chi connectivity index (χ0v) is 17.5. The van der Waals surface area contributed by atoms with E-state index in [1.807, 2.05) is 0 Å². The highest BCUT2D eigenvalue weighted by Crippen LogP contribution is 2.37. The van der Waals surface area contributed by atoms with Gasteiger partial charge < -0.3 is 19.3 Å². The zero-order chi connectivity index (χ0) is 22.1. The number of aliphatic hydroxyl groups excluding tert-OH is 1. The Balaban J connectivity index is 1.91. The quantitative estimate of drug-likeness (QED) is 0.327. The lowest BCUT2D eigenvalue weighted by molar-refractivity contribution is -0.158. The minimum absolute atomic E-state index is 0.115. The standard InChI is InChI=1S/C19H24N2O8S/c1-4-5-10-27-12-6-8-13(9-7-12)30(25,26)21-11-14-17(29-19(2,3)28-14)16(22)15(21)18(23)20-24/h6-9,14-17,22,24H,10-11H2,1-3H3,(H,20,23)/t14-,15-,16-,17-/m1/s1. The van der Waals surface area contributed by atoms with Crippen LogP contribution in [0.15, 0.2) is 29.2 Å². The highest BCUT2D eigenvalue weighted by Gasteiger charge is 2.57. The van der Waals surface area contributed by atoms with Crippen molar-refractivity contribution in [1.82, 2.24) is 9.79 Å². The Labute approximate surface area is 174 Å². The van der Waals surface area contributed by atoms with Gasteiger partial charge in [-0.2, -0.15) is 4.31 Å². The molecular weight excluding hydrogens is 416 g/mol. The molecule has 2 saturated heterocycles. The van der Waals surface area contributed by atoms with Gasteiger partial charge in [-0.15, -0.1) is 5.92 Å². The summed E-state index contributed by atoms with van der Waals surface area (Å²) >= 11 is 0. The van der Waals surface area contributed by atoms with E-state index in [1.165, 1.54) is 29.7 Å². The van der Waals surface area contributed by atoms with Gasteiger partial charge in [-0.25, -0.2) is 13.9 Å². The monoisotopic (exact) mass is 440 g/mol. The van der Waals surface area contributed by atoms with Crippen molar-refractivity contribution in [3.8, 4) is 17.6 Å². The minimum atomic E-state index is -4.23. The maximum Gasteiger partial charge on any atom is 0.264 e. The third-order valence-electron chi connectivity index (χ3n) is 4.85. The molecule has 2 fully saturated rings. The lowest BCUT2D eigenvalue weighted by Gasteiger charge is -2.41. The molecule has 164 valence electrons. The first kappa shape index (κ1) is 22.5. The molecule has 1 aromatic rings. The van der Waals surface area contributed by atoms with Crippen LogP contribution in [0.2, 0.25) is 0 Å². The van der Waals surface area contributed by atoms with E-state index in [4.69, 9.17) is 19.4 Å². The summed E-state index contributed by atoms with van der Waals surface area (Å²) in [6.45, 7) is 4.85. The number of rotatable bonds is 5. The van der Waals surface area contributed by atoms with Crippen LogP contribution in [0.5, 0.6) is 5.75 Å². The number of aliphatic hydroxyl groups is 1. The SMILES string of the molecule is CC#CCOc1ccc(S(=O)(=O)N2C[C@H]3OC(C)(C)O[C@H]3[C@H](O)[C@@H]2C(=O)NO)cc1. The topological polar surface area (TPSA) is 135 Å². The Hall–Kier alpha value is -2.20. The summed E-state index contributed by atoms with van der Waals surface area (Å²) in [7, 11) is -4.23. The molecule has 3 rings (SSSR count). The van der Waals surface area contributed by atoms with Crippen LogP contribution in [-0.4, -0.2) is 72.2 Å². The van der Waals surface area contributed by atoms with E-state index in [-0.39, 0.29) is 18.0 Å². The van der Waals surface area contributed by atoms with Gasteiger partial charge in [-0.1, -0.05) is 5.92 Å². The number of hydrogen-bond donors (Lipinski definition) is 3. The number of fused-ring (bicyclic) bond motifs is 1. The second kappa shape index (κ2) is 8.50. The molecule has 0 spiro atoms. The van der Waals surface area contributed by atoms with Gasteiger partial charge in [0.25, 0.3) is 5.91 Å². The highest BCUT2D eigenvalue weighted by molar-refractivity contribution is 7.89. The molecule has 0 aliphatic carbocycles. The van der Waals surface area contributed by atoms with Crippen LogP contribution in [0, 0.1) is 11.8 Å². The van der Waals surface area contributed by atoms with Crippen molar-refractivity contribution in [2.45, 2.75) is 55.8 Å². The van der Waals surface area contributed by atoms with Crippen molar-refractivity contribution in [3.63, 3.8) is 0 Å². The van der Waals surface area contributed by atoms with E-state index in [9.17, 15) is 18.3 Å². The molecule has 30 heavy (non-hydrogen) atoms. The van der Waals surface area contributed by atoms with E-state index in [0.717, 1.165) is 4.31 Å². The number of carbonyl (C=O) groups excluding carboxylic acids is 1. The number of piperidine rings is 1. The molecular formula is C19H24N2O8S. The van der Waals surface area contributed by atoms with E-state index < -0.39 is 46.1 Å². The van der Waals surface area contributed by atoms with Gasteiger partial charge in [0.05, 0.1) is 4.90 Å². The van der Waals surface area contributed by atoms with Crippen LogP contribution in [-0.2, 0) is 24.3 Å². The van der Waals surface area contributed by atoms with Gasteiger partial charge in [0.2, 0.25) is 10.0 Å². The summed E-state index contributed by atoms with van der Waals surface area (Å²) in [5.41, 5.74) is 1.42. The Morgan fingerprint density at radius 3 is 2.60 bits per heavy atom. The number of carbonyl (C=O) groups is 1. The molecule has 3 N–H and O–H groups in total. The number of hydrogen-bond acceptors (Lipinski definition) is 8. The third kappa shape index (κ3) is 4.29. The lowest BCUT2D eigenvalue weighted by Crippen LogP contribution is -2.65. The second-order valence-electron chi connectivity index (χ2n) is 7.31. The number of amides is 1. The Morgan fingerprint density at radius 2 is 2.00 bits per heavy atom. The molecule has 0 unspecified atom stereocenters. The third-order valence-corrected chi connectivity index (χ3v) is 6.71. The number of hydroxylamine groups is 1. The molecule has 1 aromatic carbocycles. The average Bonchev–Trinajstić information content (AvgIpc) is 3.02. The predicted molar refractivity (Wildman–Crippen MR) is 103 cm³/mol. The first-order chi connectivity index (χ1) is 14.1. The number of nitrogens with one attached hydrogen (secondary N) is 1. The van der Waals surface area contributed by atoms with Crippen LogP contribution in [0.25, 0.3) is 0 Å². The first-order valence-electron chi connectivity index (χ1n) is 9.22. The summed E-state index contributed by atoms with van der Waals surface area (Å²) in [4.78, 5) is 12.1. The molecule has 10 nitrogen and oxygen atoms in total. The van der Waals surface area contributed by atoms with Gasteiger partial charge in [-0.05, 0) is 45.0 Å². The summed E-state index contributed by atoms with van der Waals surface area (Å²) in [5, 5.41) is 19.8. The van der Waals surface area contributed by atoms with Crippen LogP contribution in [0.3, 0.4) is 0 Å². The Morgan fingerprint density at radius 1 is 1.33 bits per heavy atom. The molecule has 0 bridgehead atoms. The molecule has 4 atom stereocenters. The molecule has 0 saturated carbocycles. The van der Waals surface area contributed by atoms with Crippen molar-refractivity contribution in [3.05, 3.63) is 24.3 Å². The van der Waals surface area contributed by atoms with E-state index in [2.05, 4.69) is 11.8 Å². The fraction of sp³-hybridized carbons (Fsp3) is 0.526. The summed E-state index contributed by atoms with van der Waals surface area (Å²) in [6.07, 6.45) is -3.27. The molecule has 2 aliphatic rings. The lowest BCUT2D eigenvalue weighted by atomic mass is 9.95.